The number of rotatable bonds is 6. The standard InChI is InChI=1S/C24H28N4O3/c1-17-7-5-6-14-27(17)23(29)16-28-21-9-4-3-8-20(21)26-22(28)15-25-24(30)18-10-12-19(31-2)13-11-18/h3-4,8-13,17H,5-7,14-16H2,1-2H3,(H,25,30). The number of likely N-dealkylation sites (tertiary alicyclic amines) is 1. The van der Waals surface area contributed by atoms with Gasteiger partial charge in [-0.1, -0.05) is 12.1 Å². The van der Waals surface area contributed by atoms with E-state index in [1.165, 1.54) is 6.42 Å². The van der Waals surface area contributed by atoms with Crippen LogP contribution in [0.4, 0.5) is 0 Å². The number of ether oxygens (including phenoxy) is 1. The molecule has 4 rings (SSSR count). The van der Waals surface area contributed by atoms with Crippen LogP contribution in [0.3, 0.4) is 0 Å². The largest absolute Gasteiger partial charge is 0.497 e. The monoisotopic (exact) mass is 420 g/mol. The van der Waals surface area contributed by atoms with Crippen LogP contribution >= 0.6 is 0 Å². The van der Waals surface area contributed by atoms with Crippen molar-refractivity contribution in [1.82, 2.24) is 19.8 Å². The van der Waals surface area contributed by atoms with Crippen molar-refractivity contribution in [3.63, 3.8) is 0 Å². The van der Waals surface area contributed by atoms with E-state index in [1.807, 2.05) is 33.7 Å². The molecule has 0 bridgehead atoms. The van der Waals surface area contributed by atoms with Gasteiger partial charge in [0.25, 0.3) is 5.91 Å². The summed E-state index contributed by atoms with van der Waals surface area (Å²) in [5.74, 6) is 1.26. The molecule has 2 aromatic carbocycles. The summed E-state index contributed by atoms with van der Waals surface area (Å²) in [7, 11) is 1.59. The van der Waals surface area contributed by atoms with Crippen molar-refractivity contribution in [3.8, 4) is 5.75 Å². The lowest BCUT2D eigenvalue weighted by Crippen LogP contribution is -2.43. The highest BCUT2D eigenvalue weighted by Gasteiger charge is 2.24. The van der Waals surface area contributed by atoms with E-state index >= 15 is 0 Å². The summed E-state index contributed by atoms with van der Waals surface area (Å²) in [4.78, 5) is 32.3. The molecule has 31 heavy (non-hydrogen) atoms. The van der Waals surface area contributed by atoms with Crippen LogP contribution in [0.2, 0.25) is 0 Å². The van der Waals surface area contributed by atoms with Crippen molar-refractivity contribution in [1.29, 1.82) is 0 Å². The number of piperidine rings is 1. The average molecular weight is 421 g/mol. The van der Waals surface area contributed by atoms with Gasteiger partial charge < -0.3 is 19.5 Å². The molecule has 0 saturated carbocycles. The molecule has 0 aliphatic carbocycles. The van der Waals surface area contributed by atoms with Crippen molar-refractivity contribution in [2.75, 3.05) is 13.7 Å². The van der Waals surface area contributed by atoms with Gasteiger partial charge in [0.2, 0.25) is 5.91 Å². The zero-order valence-corrected chi connectivity index (χ0v) is 18.0. The van der Waals surface area contributed by atoms with E-state index < -0.39 is 0 Å². The maximum atomic E-state index is 13.1. The average Bonchev–Trinajstić information content (AvgIpc) is 3.15. The normalized spacial score (nSPS) is 16.3. The SMILES string of the molecule is COc1ccc(C(=O)NCc2nc3ccccc3n2CC(=O)N2CCCCC2C)cc1. The highest BCUT2D eigenvalue weighted by Crippen LogP contribution is 2.20. The zero-order chi connectivity index (χ0) is 21.8. The second-order valence-corrected chi connectivity index (χ2v) is 7.95. The molecule has 0 spiro atoms. The highest BCUT2D eigenvalue weighted by molar-refractivity contribution is 5.94. The third-order valence-corrected chi connectivity index (χ3v) is 5.91. The summed E-state index contributed by atoms with van der Waals surface area (Å²) >= 11 is 0. The molecule has 7 heteroatoms. The van der Waals surface area contributed by atoms with Gasteiger partial charge in [0.15, 0.2) is 0 Å². The second kappa shape index (κ2) is 9.20. The third-order valence-electron chi connectivity index (χ3n) is 5.91. The Morgan fingerprint density at radius 3 is 2.65 bits per heavy atom. The first-order chi connectivity index (χ1) is 15.1. The number of carbonyl (C=O) groups excluding carboxylic acids is 2. The molecule has 2 heterocycles. The van der Waals surface area contributed by atoms with Gasteiger partial charge in [0.05, 0.1) is 24.7 Å². The number of hydrogen-bond acceptors (Lipinski definition) is 4. The lowest BCUT2D eigenvalue weighted by Gasteiger charge is -2.33. The fourth-order valence-electron chi connectivity index (χ4n) is 4.14. The Kier molecular flexibility index (Phi) is 6.21. The zero-order valence-electron chi connectivity index (χ0n) is 18.0. The minimum Gasteiger partial charge on any atom is -0.497 e. The van der Waals surface area contributed by atoms with Crippen molar-refractivity contribution < 1.29 is 14.3 Å². The maximum absolute atomic E-state index is 13.1. The van der Waals surface area contributed by atoms with E-state index in [-0.39, 0.29) is 30.9 Å². The molecule has 1 saturated heterocycles. The van der Waals surface area contributed by atoms with Crippen LogP contribution in [-0.2, 0) is 17.9 Å². The number of aromatic nitrogens is 2. The number of methoxy groups -OCH3 is 1. The smallest absolute Gasteiger partial charge is 0.251 e. The van der Waals surface area contributed by atoms with E-state index in [1.54, 1.807) is 31.4 Å². The van der Waals surface area contributed by atoms with Gasteiger partial charge in [-0.3, -0.25) is 9.59 Å². The summed E-state index contributed by atoms with van der Waals surface area (Å²) in [5.41, 5.74) is 2.26. The Balaban J connectivity index is 1.53. The Labute approximate surface area is 182 Å². The number of hydrogen-bond donors (Lipinski definition) is 1. The van der Waals surface area contributed by atoms with Crippen LogP contribution in [0.15, 0.2) is 48.5 Å². The van der Waals surface area contributed by atoms with Gasteiger partial charge in [-0.15, -0.1) is 0 Å². The molecule has 1 N–H and O–H groups in total. The summed E-state index contributed by atoms with van der Waals surface area (Å²) in [6, 6.07) is 15.0. The van der Waals surface area contributed by atoms with Crippen molar-refractivity contribution >= 4 is 22.8 Å². The molecular formula is C24H28N4O3. The van der Waals surface area contributed by atoms with E-state index in [9.17, 15) is 9.59 Å². The lowest BCUT2D eigenvalue weighted by molar-refractivity contribution is -0.135. The number of imidazole rings is 1. The van der Waals surface area contributed by atoms with Crippen molar-refractivity contribution in [3.05, 3.63) is 59.9 Å². The van der Waals surface area contributed by atoms with E-state index in [0.29, 0.717) is 17.1 Å². The number of nitrogens with one attached hydrogen (secondary N) is 1. The molecule has 1 aliphatic rings. The van der Waals surface area contributed by atoms with Gasteiger partial charge in [0.1, 0.15) is 18.1 Å². The fourth-order valence-corrected chi connectivity index (χ4v) is 4.14. The Morgan fingerprint density at radius 1 is 1.13 bits per heavy atom. The Hall–Kier alpha value is -3.35. The first-order valence-corrected chi connectivity index (χ1v) is 10.7. The second-order valence-electron chi connectivity index (χ2n) is 7.95. The topological polar surface area (TPSA) is 76.5 Å². The van der Waals surface area contributed by atoms with Gasteiger partial charge in [-0.2, -0.15) is 0 Å². The molecule has 3 aromatic rings. The van der Waals surface area contributed by atoms with Crippen LogP contribution in [0.1, 0.15) is 42.4 Å². The number of benzene rings is 2. The summed E-state index contributed by atoms with van der Waals surface area (Å²) in [5, 5.41) is 2.93. The molecule has 1 atom stereocenters. The predicted octanol–water partition coefficient (Wildman–Crippen LogP) is 3.38. The predicted molar refractivity (Wildman–Crippen MR) is 119 cm³/mol. The van der Waals surface area contributed by atoms with Gasteiger partial charge in [0, 0.05) is 18.2 Å². The van der Waals surface area contributed by atoms with Gasteiger partial charge in [-0.25, -0.2) is 4.98 Å². The fraction of sp³-hybridized carbons (Fsp3) is 0.375. The molecular weight excluding hydrogens is 392 g/mol. The molecule has 0 radical (unpaired) electrons. The van der Waals surface area contributed by atoms with Gasteiger partial charge in [-0.05, 0) is 62.6 Å². The van der Waals surface area contributed by atoms with E-state index in [2.05, 4.69) is 17.2 Å². The molecule has 2 amide bonds. The quantitative estimate of drug-likeness (QED) is 0.663. The summed E-state index contributed by atoms with van der Waals surface area (Å²) in [6.07, 6.45) is 3.26. The number of amides is 2. The number of nitrogens with zero attached hydrogens (tertiary/aromatic N) is 3. The Morgan fingerprint density at radius 2 is 1.90 bits per heavy atom. The molecule has 1 aromatic heterocycles. The highest BCUT2D eigenvalue weighted by atomic mass is 16.5. The van der Waals surface area contributed by atoms with Crippen LogP contribution in [-0.4, -0.2) is 46.0 Å². The minimum atomic E-state index is -0.197. The number of para-hydroxylation sites is 2. The maximum Gasteiger partial charge on any atom is 0.251 e. The summed E-state index contributed by atoms with van der Waals surface area (Å²) in [6.45, 7) is 3.37. The number of carbonyl (C=O) groups is 2. The van der Waals surface area contributed by atoms with E-state index in [0.717, 1.165) is 30.4 Å². The molecule has 1 fully saturated rings. The first kappa shape index (κ1) is 20.9. The van der Waals surface area contributed by atoms with Crippen molar-refractivity contribution in [2.45, 2.75) is 45.3 Å². The molecule has 1 unspecified atom stereocenters. The molecule has 1 aliphatic heterocycles. The third kappa shape index (κ3) is 4.55. The molecule has 7 nitrogen and oxygen atoms in total. The molecule has 162 valence electrons. The summed E-state index contributed by atoms with van der Waals surface area (Å²) < 4.78 is 7.07. The van der Waals surface area contributed by atoms with Crippen molar-refractivity contribution in [2.24, 2.45) is 0 Å². The van der Waals surface area contributed by atoms with Crippen LogP contribution < -0.4 is 10.1 Å². The van der Waals surface area contributed by atoms with Gasteiger partial charge >= 0.3 is 0 Å². The minimum absolute atomic E-state index is 0.0954. The van der Waals surface area contributed by atoms with Crippen LogP contribution in [0, 0.1) is 0 Å². The first-order valence-electron chi connectivity index (χ1n) is 10.7. The Bertz CT molecular complexity index is 1070. The van der Waals surface area contributed by atoms with Crippen LogP contribution in [0.5, 0.6) is 5.75 Å². The van der Waals surface area contributed by atoms with E-state index in [4.69, 9.17) is 4.74 Å². The van der Waals surface area contributed by atoms with Crippen LogP contribution in [0.25, 0.3) is 11.0 Å². The number of fused-ring (bicyclic) bond motifs is 1. The lowest BCUT2D eigenvalue weighted by atomic mass is 10.0.